The monoisotopic (exact) mass is 522 g/mol. The van der Waals surface area contributed by atoms with E-state index in [1.807, 2.05) is 0 Å². The second kappa shape index (κ2) is 11.3. The van der Waals surface area contributed by atoms with Crippen LogP contribution in [0.2, 0.25) is 0 Å². The Morgan fingerprint density at radius 3 is 1.94 bits per heavy atom. The van der Waals surface area contributed by atoms with Crippen molar-refractivity contribution in [1.29, 1.82) is 0 Å². The summed E-state index contributed by atoms with van der Waals surface area (Å²) in [4.78, 5) is 0. The molecular weight excluding hydrogens is 480 g/mol. The zero-order valence-corrected chi connectivity index (χ0v) is 20.2. The van der Waals surface area contributed by atoms with Gasteiger partial charge in [0.25, 0.3) is 0 Å². The van der Waals surface area contributed by atoms with Gasteiger partial charge in [-0.15, -0.1) is 0 Å². The van der Waals surface area contributed by atoms with Crippen molar-refractivity contribution in [3.8, 4) is 0 Å². The van der Waals surface area contributed by atoms with E-state index in [-0.39, 0.29) is 19.4 Å². The summed E-state index contributed by atoms with van der Waals surface area (Å²) in [6.45, 7) is -0.108. The fourth-order valence-corrected chi connectivity index (χ4v) is 5.79. The van der Waals surface area contributed by atoms with Crippen molar-refractivity contribution in [3.63, 3.8) is 0 Å². The number of aliphatic hydroxyl groups is 6. The van der Waals surface area contributed by atoms with Crippen molar-refractivity contribution in [3.05, 3.63) is 0 Å². The first-order chi connectivity index (χ1) is 17.0. The largest absolute Gasteiger partial charge is 0.390 e. The smallest absolute Gasteiger partial charge is 0.187 e. The van der Waals surface area contributed by atoms with Crippen LogP contribution in [0, 0.1) is 0 Å². The molecule has 12 unspecified atom stereocenters. The SMILES string of the molecule is NCC1OC(OC2C(N)CC(N)C(O)C2OC2OC(CC3(O)CCCC3)[C@@H](O)[C@H]2O)C(N)C(O)C1O. The fourth-order valence-electron chi connectivity index (χ4n) is 5.79. The van der Waals surface area contributed by atoms with E-state index in [1.54, 1.807) is 0 Å². The Hall–Kier alpha value is -0.560. The van der Waals surface area contributed by atoms with Gasteiger partial charge in [0.1, 0.15) is 42.7 Å². The van der Waals surface area contributed by atoms with Gasteiger partial charge in [0.15, 0.2) is 12.6 Å². The molecule has 0 aromatic rings. The van der Waals surface area contributed by atoms with Crippen LogP contribution in [-0.2, 0) is 18.9 Å². The highest BCUT2D eigenvalue weighted by atomic mass is 16.7. The van der Waals surface area contributed by atoms with Crippen LogP contribution >= 0.6 is 0 Å². The second-order valence-corrected chi connectivity index (χ2v) is 10.8. The lowest BCUT2D eigenvalue weighted by Gasteiger charge is -2.47. The summed E-state index contributed by atoms with van der Waals surface area (Å²) >= 11 is 0. The van der Waals surface area contributed by atoms with Gasteiger partial charge in [-0.3, -0.25) is 0 Å². The zero-order chi connectivity index (χ0) is 26.4. The maximum Gasteiger partial charge on any atom is 0.187 e. The highest BCUT2D eigenvalue weighted by Gasteiger charge is 2.53. The minimum atomic E-state index is -1.46. The summed E-state index contributed by atoms with van der Waals surface area (Å²) in [6, 6.07) is -2.70. The average Bonchev–Trinajstić information content (AvgIpc) is 3.38. The van der Waals surface area contributed by atoms with Gasteiger partial charge in [0.05, 0.1) is 23.9 Å². The van der Waals surface area contributed by atoms with E-state index in [1.165, 1.54) is 0 Å². The average molecular weight is 523 g/mol. The third kappa shape index (κ3) is 5.58. The molecule has 0 aromatic heterocycles. The molecule has 4 aliphatic rings. The normalized spacial score (nSPS) is 51.5. The molecule has 14 atom stereocenters. The van der Waals surface area contributed by atoms with Crippen LogP contribution < -0.4 is 22.9 Å². The minimum Gasteiger partial charge on any atom is -0.390 e. The quantitative estimate of drug-likeness (QED) is 0.150. The molecule has 14 heteroatoms. The van der Waals surface area contributed by atoms with Crippen LogP contribution in [-0.4, -0.2) is 128 Å². The van der Waals surface area contributed by atoms with Crippen molar-refractivity contribution >= 4 is 0 Å². The molecule has 0 radical (unpaired) electrons. The highest BCUT2D eigenvalue weighted by Crippen LogP contribution is 2.38. The Morgan fingerprint density at radius 2 is 1.31 bits per heavy atom. The predicted octanol–water partition coefficient (Wildman–Crippen LogP) is -4.95. The van der Waals surface area contributed by atoms with Crippen molar-refractivity contribution in [2.75, 3.05) is 6.54 Å². The number of ether oxygens (including phenoxy) is 4. The van der Waals surface area contributed by atoms with E-state index in [9.17, 15) is 30.6 Å². The van der Waals surface area contributed by atoms with E-state index in [4.69, 9.17) is 41.9 Å². The molecule has 2 aliphatic heterocycles. The first-order valence-electron chi connectivity index (χ1n) is 12.7. The highest BCUT2D eigenvalue weighted by molar-refractivity contribution is 5.02. The Kier molecular flexibility index (Phi) is 8.91. The molecule has 2 heterocycles. The number of aliphatic hydroxyl groups excluding tert-OH is 5. The number of rotatable bonds is 7. The van der Waals surface area contributed by atoms with Crippen molar-refractivity contribution < 1.29 is 49.6 Å². The Balaban J connectivity index is 1.48. The Labute approximate surface area is 209 Å². The van der Waals surface area contributed by atoms with Crippen LogP contribution in [0.3, 0.4) is 0 Å². The molecule has 4 rings (SSSR count). The van der Waals surface area contributed by atoms with Gasteiger partial charge >= 0.3 is 0 Å². The van der Waals surface area contributed by atoms with E-state index >= 15 is 0 Å². The molecule has 0 bridgehead atoms. The zero-order valence-electron chi connectivity index (χ0n) is 20.2. The van der Waals surface area contributed by atoms with Gasteiger partial charge in [0, 0.05) is 25.0 Å². The molecule has 14 nitrogen and oxygen atoms in total. The van der Waals surface area contributed by atoms with Gasteiger partial charge in [-0.1, -0.05) is 12.8 Å². The maximum absolute atomic E-state index is 10.9. The van der Waals surface area contributed by atoms with Crippen LogP contribution in [0.1, 0.15) is 38.5 Å². The Bertz CT molecular complexity index is 731. The summed E-state index contributed by atoms with van der Waals surface area (Å²) in [7, 11) is 0. The fraction of sp³-hybridized carbons (Fsp3) is 1.00. The first-order valence-corrected chi connectivity index (χ1v) is 12.7. The first kappa shape index (κ1) is 28.4. The molecule has 210 valence electrons. The number of hydrogen-bond donors (Lipinski definition) is 10. The van der Waals surface area contributed by atoms with Crippen LogP contribution in [0.4, 0.5) is 0 Å². The van der Waals surface area contributed by atoms with Crippen molar-refractivity contribution in [2.45, 2.75) is 130 Å². The molecule has 36 heavy (non-hydrogen) atoms. The molecule has 0 aromatic carbocycles. The third-order valence-electron chi connectivity index (χ3n) is 8.06. The van der Waals surface area contributed by atoms with Crippen LogP contribution in [0.15, 0.2) is 0 Å². The van der Waals surface area contributed by atoms with Gasteiger partial charge in [-0.05, 0) is 19.3 Å². The molecule has 2 saturated heterocycles. The lowest BCUT2D eigenvalue weighted by molar-refractivity contribution is -0.306. The standard InChI is InChI=1S/C22H42N4O10/c23-7-11-15(29)16(30)12(26)20(34-11)35-18-9(25)5-8(24)13(27)19(18)36-21-17(31)14(28)10(33-21)6-22(32)3-1-2-4-22/h8-21,27-32H,1-7,23-26H2/t8?,9?,10?,11?,12?,13?,14-,15?,16?,17-,18?,19?,20?,21?/m1/s1. The molecule has 2 aliphatic carbocycles. The molecule has 0 spiro atoms. The summed E-state index contributed by atoms with van der Waals surface area (Å²) < 4.78 is 23.3. The van der Waals surface area contributed by atoms with Crippen molar-refractivity contribution in [1.82, 2.24) is 0 Å². The summed E-state index contributed by atoms with van der Waals surface area (Å²) in [5.41, 5.74) is 23.0. The lowest BCUT2D eigenvalue weighted by Crippen LogP contribution is -2.68. The predicted molar refractivity (Wildman–Crippen MR) is 123 cm³/mol. The van der Waals surface area contributed by atoms with Crippen LogP contribution in [0.5, 0.6) is 0 Å². The third-order valence-corrected chi connectivity index (χ3v) is 8.06. The second-order valence-electron chi connectivity index (χ2n) is 10.8. The van der Waals surface area contributed by atoms with Gasteiger partial charge in [-0.25, -0.2) is 0 Å². The Morgan fingerprint density at radius 1 is 0.722 bits per heavy atom. The van der Waals surface area contributed by atoms with E-state index < -0.39 is 91.2 Å². The molecule has 14 N–H and O–H groups in total. The maximum atomic E-state index is 10.9. The lowest BCUT2D eigenvalue weighted by atomic mass is 9.84. The summed E-state index contributed by atoms with van der Waals surface area (Å²) in [6.07, 6.45) is -10.3. The minimum absolute atomic E-state index is 0.108. The number of nitrogens with two attached hydrogens (primary N) is 4. The molecule has 0 amide bonds. The molecular formula is C22H42N4O10. The topological polar surface area (TPSA) is 262 Å². The molecule has 2 saturated carbocycles. The summed E-state index contributed by atoms with van der Waals surface area (Å²) in [5, 5.41) is 63.2. The summed E-state index contributed by atoms with van der Waals surface area (Å²) in [5.74, 6) is 0. The van der Waals surface area contributed by atoms with E-state index in [0.29, 0.717) is 12.8 Å². The van der Waals surface area contributed by atoms with Gasteiger partial charge in [0.2, 0.25) is 0 Å². The van der Waals surface area contributed by atoms with Gasteiger partial charge < -0.3 is 72.5 Å². The van der Waals surface area contributed by atoms with Crippen LogP contribution in [0.25, 0.3) is 0 Å². The number of hydrogen-bond acceptors (Lipinski definition) is 14. The van der Waals surface area contributed by atoms with E-state index in [2.05, 4.69) is 0 Å². The molecule has 4 fully saturated rings. The van der Waals surface area contributed by atoms with Crippen molar-refractivity contribution in [2.24, 2.45) is 22.9 Å². The van der Waals surface area contributed by atoms with Gasteiger partial charge in [-0.2, -0.15) is 0 Å². The van der Waals surface area contributed by atoms with E-state index in [0.717, 1.165) is 12.8 Å².